The van der Waals surface area contributed by atoms with Crippen LogP contribution in [0.15, 0.2) is 48.5 Å². The molecular formula is C18H19ClFN5OS. The standard InChI is InChI=1S/C18H19ClFN5OS/c19-13-1-5-15(6-2-13)21-17(27)22-23-18(26)25-11-9-24(10-12-25)16-7-3-14(20)4-8-16/h1-8H,9-12H2,(H,23,26)(H2,21,22,27). The smallest absolute Gasteiger partial charge is 0.336 e. The summed E-state index contributed by atoms with van der Waals surface area (Å²) in [6.07, 6.45) is 0. The Morgan fingerprint density at radius 2 is 1.59 bits per heavy atom. The minimum atomic E-state index is -0.258. The summed E-state index contributed by atoms with van der Waals surface area (Å²) >= 11 is 11.0. The third-order valence-electron chi connectivity index (χ3n) is 4.14. The summed E-state index contributed by atoms with van der Waals surface area (Å²) < 4.78 is 13.0. The second kappa shape index (κ2) is 8.88. The van der Waals surface area contributed by atoms with Gasteiger partial charge in [-0.1, -0.05) is 11.6 Å². The van der Waals surface area contributed by atoms with E-state index in [1.807, 2.05) is 0 Å². The van der Waals surface area contributed by atoms with E-state index in [0.717, 1.165) is 11.4 Å². The summed E-state index contributed by atoms with van der Waals surface area (Å²) in [7, 11) is 0. The second-order valence-electron chi connectivity index (χ2n) is 5.97. The van der Waals surface area contributed by atoms with Crippen molar-refractivity contribution in [3.8, 4) is 0 Å². The number of hydrogen-bond acceptors (Lipinski definition) is 3. The molecule has 27 heavy (non-hydrogen) atoms. The van der Waals surface area contributed by atoms with Gasteiger partial charge >= 0.3 is 6.03 Å². The van der Waals surface area contributed by atoms with Gasteiger partial charge in [-0.25, -0.2) is 14.6 Å². The van der Waals surface area contributed by atoms with Crippen LogP contribution in [0, 0.1) is 5.82 Å². The largest absolute Gasteiger partial charge is 0.368 e. The zero-order chi connectivity index (χ0) is 19.2. The van der Waals surface area contributed by atoms with Gasteiger partial charge in [-0.2, -0.15) is 0 Å². The van der Waals surface area contributed by atoms with Gasteiger partial charge in [0, 0.05) is 42.6 Å². The third-order valence-corrected chi connectivity index (χ3v) is 4.60. The predicted octanol–water partition coefficient (Wildman–Crippen LogP) is 3.21. The number of thiocarbonyl (C=S) groups is 1. The number of rotatable bonds is 2. The van der Waals surface area contributed by atoms with Crippen LogP contribution in [0.3, 0.4) is 0 Å². The molecule has 1 aliphatic heterocycles. The van der Waals surface area contributed by atoms with E-state index in [-0.39, 0.29) is 17.0 Å². The summed E-state index contributed by atoms with van der Waals surface area (Å²) in [4.78, 5) is 16.1. The minimum Gasteiger partial charge on any atom is -0.368 e. The van der Waals surface area contributed by atoms with E-state index >= 15 is 0 Å². The van der Waals surface area contributed by atoms with Crippen LogP contribution < -0.4 is 21.1 Å². The van der Waals surface area contributed by atoms with Crippen molar-refractivity contribution in [1.82, 2.24) is 15.8 Å². The van der Waals surface area contributed by atoms with Gasteiger partial charge in [-0.3, -0.25) is 5.43 Å². The fourth-order valence-corrected chi connectivity index (χ4v) is 3.00. The van der Waals surface area contributed by atoms with Crippen molar-refractivity contribution >= 4 is 46.3 Å². The van der Waals surface area contributed by atoms with E-state index in [4.69, 9.17) is 23.8 Å². The predicted molar refractivity (Wildman–Crippen MR) is 110 cm³/mol. The fourth-order valence-electron chi connectivity index (χ4n) is 2.70. The van der Waals surface area contributed by atoms with E-state index in [2.05, 4.69) is 21.1 Å². The summed E-state index contributed by atoms with van der Waals surface area (Å²) in [6.45, 7) is 2.46. The number of nitrogens with one attached hydrogen (secondary N) is 3. The van der Waals surface area contributed by atoms with Gasteiger partial charge in [0.2, 0.25) is 0 Å². The highest BCUT2D eigenvalue weighted by Gasteiger charge is 2.21. The number of anilines is 2. The molecule has 6 nitrogen and oxygen atoms in total. The number of carbonyl (C=O) groups excluding carboxylic acids is 1. The zero-order valence-corrected chi connectivity index (χ0v) is 16.0. The number of hydrazine groups is 1. The van der Waals surface area contributed by atoms with Gasteiger partial charge in [-0.05, 0) is 60.7 Å². The molecule has 2 amide bonds. The lowest BCUT2D eigenvalue weighted by atomic mass is 10.2. The molecule has 1 saturated heterocycles. The third kappa shape index (κ3) is 5.45. The fraction of sp³-hybridized carbons (Fsp3) is 0.222. The number of piperazine rings is 1. The molecule has 3 rings (SSSR count). The average Bonchev–Trinajstić information content (AvgIpc) is 2.69. The summed E-state index contributed by atoms with van der Waals surface area (Å²) in [5, 5.41) is 3.86. The maximum atomic E-state index is 13.0. The Kier molecular flexibility index (Phi) is 6.31. The maximum absolute atomic E-state index is 13.0. The molecule has 0 bridgehead atoms. The minimum absolute atomic E-state index is 0.256. The van der Waals surface area contributed by atoms with E-state index in [0.29, 0.717) is 31.2 Å². The van der Waals surface area contributed by atoms with E-state index in [9.17, 15) is 9.18 Å². The molecule has 142 valence electrons. The summed E-state index contributed by atoms with van der Waals surface area (Å²) in [5.41, 5.74) is 6.98. The molecule has 0 atom stereocenters. The molecule has 2 aromatic carbocycles. The van der Waals surface area contributed by atoms with Crippen LogP contribution in [0.25, 0.3) is 0 Å². The van der Waals surface area contributed by atoms with E-state index in [1.165, 1.54) is 12.1 Å². The van der Waals surface area contributed by atoms with Crippen LogP contribution in [0.4, 0.5) is 20.6 Å². The Hall–Kier alpha value is -2.58. The van der Waals surface area contributed by atoms with E-state index < -0.39 is 0 Å². The molecule has 1 aliphatic rings. The van der Waals surface area contributed by atoms with Gasteiger partial charge < -0.3 is 15.1 Å². The van der Waals surface area contributed by atoms with Gasteiger partial charge in [0.15, 0.2) is 5.11 Å². The highest BCUT2D eigenvalue weighted by atomic mass is 35.5. The lowest BCUT2D eigenvalue weighted by molar-refractivity contribution is 0.192. The Bertz CT molecular complexity index is 794. The second-order valence-corrected chi connectivity index (χ2v) is 6.81. The highest BCUT2D eigenvalue weighted by molar-refractivity contribution is 7.80. The van der Waals surface area contributed by atoms with Crippen LogP contribution in [0.2, 0.25) is 5.02 Å². The molecule has 3 N–H and O–H groups in total. The molecule has 0 spiro atoms. The molecule has 0 radical (unpaired) electrons. The molecule has 0 aromatic heterocycles. The van der Waals surface area contributed by atoms with Crippen molar-refractivity contribution in [3.05, 3.63) is 59.4 Å². The Labute approximate surface area is 167 Å². The first kappa shape index (κ1) is 19.2. The first-order valence-corrected chi connectivity index (χ1v) is 9.18. The maximum Gasteiger partial charge on any atom is 0.336 e. The summed E-state index contributed by atoms with van der Waals surface area (Å²) in [6, 6.07) is 13.2. The zero-order valence-electron chi connectivity index (χ0n) is 14.4. The van der Waals surface area contributed by atoms with Crippen LogP contribution in [0.5, 0.6) is 0 Å². The number of halogens is 2. The van der Waals surface area contributed by atoms with Crippen LogP contribution in [0.1, 0.15) is 0 Å². The lowest BCUT2D eigenvalue weighted by Gasteiger charge is -2.36. The summed E-state index contributed by atoms with van der Waals surface area (Å²) in [5.74, 6) is -0.258. The lowest BCUT2D eigenvalue weighted by Crippen LogP contribution is -2.55. The molecule has 9 heteroatoms. The van der Waals surface area contributed by atoms with Crippen molar-refractivity contribution in [2.45, 2.75) is 0 Å². The van der Waals surface area contributed by atoms with Gasteiger partial charge in [0.1, 0.15) is 5.82 Å². The number of benzene rings is 2. The van der Waals surface area contributed by atoms with Crippen molar-refractivity contribution in [3.63, 3.8) is 0 Å². The van der Waals surface area contributed by atoms with Gasteiger partial charge in [-0.15, -0.1) is 0 Å². The molecule has 0 saturated carbocycles. The Morgan fingerprint density at radius 1 is 0.963 bits per heavy atom. The number of amides is 2. The Morgan fingerprint density at radius 3 is 2.22 bits per heavy atom. The molecule has 0 unspecified atom stereocenters. The molecule has 1 heterocycles. The average molecular weight is 408 g/mol. The molecule has 2 aromatic rings. The number of urea groups is 1. The van der Waals surface area contributed by atoms with Crippen molar-refractivity contribution in [2.75, 3.05) is 36.4 Å². The van der Waals surface area contributed by atoms with Crippen molar-refractivity contribution in [1.29, 1.82) is 0 Å². The first-order chi connectivity index (χ1) is 13.0. The highest BCUT2D eigenvalue weighted by Crippen LogP contribution is 2.17. The molecular weight excluding hydrogens is 389 g/mol. The quantitative estimate of drug-likeness (QED) is 0.527. The van der Waals surface area contributed by atoms with Crippen LogP contribution >= 0.6 is 23.8 Å². The molecule has 1 fully saturated rings. The van der Waals surface area contributed by atoms with E-state index in [1.54, 1.807) is 41.3 Å². The first-order valence-electron chi connectivity index (χ1n) is 8.39. The van der Waals surface area contributed by atoms with Crippen molar-refractivity contribution < 1.29 is 9.18 Å². The van der Waals surface area contributed by atoms with Gasteiger partial charge in [0.05, 0.1) is 0 Å². The molecule has 0 aliphatic carbocycles. The monoisotopic (exact) mass is 407 g/mol. The number of nitrogens with zero attached hydrogens (tertiary/aromatic N) is 2. The van der Waals surface area contributed by atoms with Crippen molar-refractivity contribution in [2.24, 2.45) is 0 Å². The normalized spacial score (nSPS) is 13.9. The van der Waals surface area contributed by atoms with Crippen LogP contribution in [-0.2, 0) is 0 Å². The SMILES string of the molecule is O=C(NNC(=S)Nc1ccc(Cl)cc1)N1CCN(c2ccc(F)cc2)CC1. The Balaban J connectivity index is 1.42. The number of carbonyl (C=O) groups is 1. The van der Waals surface area contributed by atoms with Crippen LogP contribution in [-0.4, -0.2) is 42.2 Å². The van der Waals surface area contributed by atoms with Gasteiger partial charge in [0.25, 0.3) is 0 Å². The topological polar surface area (TPSA) is 59.6 Å². The number of hydrogen-bond donors (Lipinski definition) is 3.